The van der Waals surface area contributed by atoms with Gasteiger partial charge in [-0.25, -0.2) is 0 Å². The highest BCUT2D eigenvalue weighted by atomic mass is 79.9. The molecule has 1 aromatic heterocycles. The van der Waals surface area contributed by atoms with E-state index in [1.807, 2.05) is 13.2 Å². The largest absolute Gasteiger partial charge is 0.311 e. The zero-order valence-electron chi connectivity index (χ0n) is 11.3. The molecule has 2 atom stereocenters. The number of nitrogens with one attached hydrogen (secondary N) is 1. The van der Waals surface area contributed by atoms with Crippen molar-refractivity contribution >= 4 is 15.9 Å². The van der Waals surface area contributed by atoms with Crippen LogP contribution in [0.2, 0.25) is 0 Å². The van der Waals surface area contributed by atoms with Crippen LogP contribution >= 0.6 is 15.9 Å². The van der Waals surface area contributed by atoms with Crippen LogP contribution in [0.5, 0.6) is 0 Å². The van der Waals surface area contributed by atoms with E-state index in [0.29, 0.717) is 12.0 Å². The molecule has 17 heavy (non-hydrogen) atoms. The molecule has 0 saturated heterocycles. The van der Waals surface area contributed by atoms with Gasteiger partial charge >= 0.3 is 0 Å². The van der Waals surface area contributed by atoms with E-state index in [9.17, 15) is 0 Å². The molecule has 98 valence electrons. The first kappa shape index (κ1) is 14.7. The van der Waals surface area contributed by atoms with Crippen molar-refractivity contribution in [2.75, 3.05) is 7.05 Å². The van der Waals surface area contributed by atoms with E-state index in [4.69, 9.17) is 0 Å². The van der Waals surface area contributed by atoms with Gasteiger partial charge in [-0.3, -0.25) is 4.68 Å². The smallest absolute Gasteiger partial charge is 0.0698 e. The van der Waals surface area contributed by atoms with Crippen LogP contribution in [0.4, 0.5) is 0 Å². The van der Waals surface area contributed by atoms with Gasteiger partial charge in [0.2, 0.25) is 0 Å². The minimum atomic E-state index is 0.373. The fourth-order valence-electron chi connectivity index (χ4n) is 2.38. The lowest BCUT2D eigenvalue weighted by Gasteiger charge is -2.24. The average Bonchev–Trinajstić information content (AvgIpc) is 2.64. The Hall–Kier alpha value is -0.350. The Labute approximate surface area is 113 Å². The number of hydrogen-bond donors (Lipinski definition) is 1. The summed E-state index contributed by atoms with van der Waals surface area (Å²) in [6, 6.07) is 0.373. The minimum absolute atomic E-state index is 0.373. The molecule has 0 aromatic carbocycles. The van der Waals surface area contributed by atoms with Gasteiger partial charge in [-0.15, -0.1) is 0 Å². The van der Waals surface area contributed by atoms with Crippen molar-refractivity contribution in [1.82, 2.24) is 15.1 Å². The number of nitrogens with zero attached hydrogens (tertiary/aromatic N) is 2. The standard InChI is InChI=1S/C13H24BrN3/c1-5-7-10(3)12(15-4)13-11(14)9-16-17(13)8-6-2/h9-10,12,15H,5-8H2,1-4H3. The van der Waals surface area contributed by atoms with Gasteiger partial charge in [0.05, 0.1) is 22.4 Å². The summed E-state index contributed by atoms with van der Waals surface area (Å²) in [6.07, 6.45) is 5.47. The maximum Gasteiger partial charge on any atom is 0.0698 e. The maximum atomic E-state index is 4.45. The summed E-state index contributed by atoms with van der Waals surface area (Å²) < 4.78 is 3.24. The SMILES string of the molecule is CCCC(C)C(NC)c1c(Br)cnn1CCC. The quantitative estimate of drug-likeness (QED) is 0.831. The highest BCUT2D eigenvalue weighted by Gasteiger charge is 2.23. The van der Waals surface area contributed by atoms with Gasteiger partial charge in [0.1, 0.15) is 0 Å². The molecule has 1 rings (SSSR count). The fourth-order valence-corrected chi connectivity index (χ4v) is 2.93. The molecule has 0 aliphatic heterocycles. The third kappa shape index (κ3) is 3.55. The summed E-state index contributed by atoms with van der Waals surface area (Å²) in [6.45, 7) is 7.71. The van der Waals surface area contributed by atoms with E-state index in [1.165, 1.54) is 18.5 Å². The summed E-state index contributed by atoms with van der Waals surface area (Å²) in [7, 11) is 2.03. The van der Waals surface area contributed by atoms with Gasteiger partial charge < -0.3 is 5.32 Å². The van der Waals surface area contributed by atoms with Crippen molar-refractivity contribution < 1.29 is 0 Å². The first-order valence-electron chi connectivity index (χ1n) is 6.54. The van der Waals surface area contributed by atoms with E-state index in [1.54, 1.807) is 0 Å². The first-order chi connectivity index (χ1) is 8.15. The zero-order chi connectivity index (χ0) is 12.8. The number of aromatic nitrogens is 2. The lowest BCUT2D eigenvalue weighted by Crippen LogP contribution is -2.26. The van der Waals surface area contributed by atoms with Gasteiger partial charge in [0.25, 0.3) is 0 Å². The molecule has 2 unspecified atom stereocenters. The summed E-state index contributed by atoms with van der Waals surface area (Å²) in [4.78, 5) is 0. The number of aryl methyl sites for hydroxylation is 1. The summed E-state index contributed by atoms with van der Waals surface area (Å²) in [5.74, 6) is 0.619. The van der Waals surface area contributed by atoms with E-state index in [0.717, 1.165) is 17.4 Å². The molecule has 1 heterocycles. The Morgan fingerprint density at radius 2 is 2.12 bits per heavy atom. The molecule has 0 spiro atoms. The van der Waals surface area contributed by atoms with Crippen LogP contribution < -0.4 is 5.32 Å². The van der Waals surface area contributed by atoms with Crippen LogP contribution in [0.25, 0.3) is 0 Å². The Balaban J connectivity index is 2.97. The third-order valence-corrected chi connectivity index (χ3v) is 3.80. The van der Waals surface area contributed by atoms with E-state index in [2.05, 4.69) is 51.8 Å². The monoisotopic (exact) mass is 301 g/mol. The molecule has 0 amide bonds. The molecular weight excluding hydrogens is 278 g/mol. The van der Waals surface area contributed by atoms with Gasteiger partial charge in [-0.1, -0.05) is 27.2 Å². The zero-order valence-corrected chi connectivity index (χ0v) is 12.9. The van der Waals surface area contributed by atoms with E-state index >= 15 is 0 Å². The van der Waals surface area contributed by atoms with Gasteiger partial charge in [-0.2, -0.15) is 5.10 Å². The summed E-state index contributed by atoms with van der Waals surface area (Å²) in [5.41, 5.74) is 1.29. The second-order valence-corrected chi connectivity index (χ2v) is 5.49. The second kappa shape index (κ2) is 7.17. The van der Waals surface area contributed by atoms with E-state index in [-0.39, 0.29) is 0 Å². The fraction of sp³-hybridized carbons (Fsp3) is 0.769. The Kier molecular flexibility index (Phi) is 6.20. The highest BCUT2D eigenvalue weighted by molar-refractivity contribution is 9.10. The Bertz CT molecular complexity index is 335. The van der Waals surface area contributed by atoms with Gasteiger partial charge in [-0.05, 0) is 41.7 Å². The average molecular weight is 302 g/mol. The van der Waals surface area contributed by atoms with Crippen LogP contribution in [-0.4, -0.2) is 16.8 Å². The molecule has 0 bridgehead atoms. The molecule has 4 heteroatoms. The number of hydrogen-bond acceptors (Lipinski definition) is 2. The lowest BCUT2D eigenvalue weighted by molar-refractivity contribution is 0.358. The maximum absolute atomic E-state index is 4.45. The Morgan fingerprint density at radius 1 is 1.41 bits per heavy atom. The van der Waals surface area contributed by atoms with Crippen LogP contribution in [-0.2, 0) is 6.54 Å². The van der Waals surface area contributed by atoms with Gasteiger partial charge in [0, 0.05) is 6.54 Å². The number of rotatable bonds is 7. The van der Waals surface area contributed by atoms with Crippen LogP contribution in [0.1, 0.15) is 51.8 Å². The van der Waals surface area contributed by atoms with Crippen molar-refractivity contribution in [2.24, 2.45) is 5.92 Å². The van der Waals surface area contributed by atoms with Crippen LogP contribution in [0.3, 0.4) is 0 Å². The van der Waals surface area contributed by atoms with E-state index < -0.39 is 0 Å². The molecule has 0 radical (unpaired) electrons. The normalized spacial score (nSPS) is 14.9. The molecule has 1 N–H and O–H groups in total. The van der Waals surface area contributed by atoms with Crippen molar-refractivity contribution in [2.45, 2.75) is 52.6 Å². The third-order valence-electron chi connectivity index (χ3n) is 3.19. The molecule has 0 aliphatic carbocycles. The van der Waals surface area contributed by atoms with Gasteiger partial charge in [0.15, 0.2) is 0 Å². The van der Waals surface area contributed by atoms with Crippen molar-refractivity contribution in [3.8, 4) is 0 Å². The summed E-state index contributed by atoms with van der Waals surface area (Å²) >= 11 is 3.62. The minimum Gasteiger partial charge on any atom is -0.311 e. The topological polar surface area (TPSA) is 29.9 Å². The van der Waals surface area contributed by atoms with Crippen LogP contribution in [0, 0.1) is 5.92 Å². The Morgan fingerprint density at radius 3 is 2.65 bits per heavy atom. The molecular formula is C13H24BrN3. The predicted octanol–water partition coefficient (Wildman–Crippen LogP) is 3.75. The van der Waals surface area contributed by atoms with Crippen LogP contribution in [0.15, 0.2) is 10.7 Å². The summed E-state index contributed by atoms with van der Waals surface area (Å²) in [5, 5.41) is 7.88. The first-order valence-corrected chi connectivity index (χ1v) is 7.33. The lowest BCUT2D eigenvalue weighted by atomic mass is 9.94. The molecule has 0 aliphatic rings. The highest BCUT2D eigenvalue weighted by Crippen LogP contribution is 2.30. The molecule has 0 fully saturated rings. The van der Waals surface area contributed by atoms with Crippen molar-refractivity contribution in [3.05, 3.63) is 16.4 Å². The number of halogens is 1. The predicted molar refractivity (Wildman–Crippen MR) is 76.1 cm³/mol. The van der Waals surface area contributed by atoms with Crippen molar-refractivity contribution in [1.29, 1.82) is 0 Å². The van der Waals surface area contributed by atoms with Crippen molar-refractivity contribution in [3.63, 3.8) is 0 Å². The second-order valence-electron chi connectivity index (χ2n) is 4.63. The molecule has 3 nitrogen and oxygen atoms in total. The molecule has 1 aromatic rings. The molecule has 0 saturated carbocycles.